The molecule has 10 heteroatoms. The highest BCUT2D eigenvalue weighted by Crippen LogP contribution is 2.24. The lowest BCUT2D eigenvalue weighted by atomic mass is 10.1. The Hall–Kier alpha value is -4.02. The van der Waals surface area contributed by atoms with Crippen molar-refractivity contribution in [2.75, 3.05) is 5.32 Å². The normalized spacial score (nSPS) is 12.9. The predicted molar refractivity (Wildman–Crippen MR) is 149 cm³/mol. The fourth-order valence-corrected chi connectivity index (χ4v) is 5.12. The zero-order chi connectivity index (χ0) is 28.4. The molecule has 0 aliphatic carbocycles. The first-order valence-corrected chi connectivity index (χ1v) is 13.9. The average Bonchev–Trinajstić information content (AvgIpc) is 3.31. The van der Waals surface area contributed by atoms with E-state index in [9.17, 15) is 18.0 Å². The molecular weight excluding hydrogens is 518 g/mol. The number of fused-ring (bicyclic) bond motifs is 1. The SMILES string of the molecule is CC(C)C(NS(=O)(=O)c1ccc(-c2ccc(NC(=O)c3nc4ccccc4o3)cc2)cc1)C(=O)OC(C)(C)C. The molecule has 0 saturated heterocycles. The average molecular weight is 550 g/mol. The molecular formula is C29H31N3O6S. The van der Waals surface area contributed by atoms with Crippen molar-refractivity contribution in [1.82, 2.24) is 9.71 Å². The van der Waals surface area contributed by atoms with Crippen LogP contribution in [0.3, 0.4) is 0 Å². The molecule has 39 heavy (non-hydrogen) atoms. The molecule has 9 nitrogen and oxygen atoms in total. The molecule has 1 unspecified atom stereocenters. The second-order valence-corrected chi connectivity index (χ2v) is 12.1. The highest BCUT2D eigenvalue weighted by atomic mass is 32.2. The Bertz CT molecular complexity index is 1550. The predicted octanol–water partition coefficient (Wildman–Crippen LogP) is 5.39. The lowest BCUT2D eigenvalue weighted by Crippen LogP contribution is -2.47. The number of hydrogen-bond acceptors (Lipinski definition) is 7. The quantitative estimate of drug-likeness (QED) is 0.282. The van der Waals surface area contributed by atoms with Crippen LogP contribution in [0, 0.1) is 5.92 Å². The Labute approximate surface area is 227 Å². The molecule has 1 aromatic heterocycles. The molecule has 1 heterocycles. The number of sulfonamides is 1. The zero-order valence-corrected chi connectivity index (χ0v) is 23.2. The molecule has 0 radical (unpaired) electrons. The van der Waals surface area contributed by atoms with E-state index < -0.39 is 33.5 Å². The van der Waals surface area contributed by atoms with E-state index in [0.29, 0.717) is 16.8 Å². The van der Waals surface area contributed by atoms with E-state index >= 15 is 0 Å². The summed E-state index contributed by atoms with van der Waals surface area (Å²) in [6.07, 6.45) is 0. The summed E-state index contributed by atoms with van der Waals surface area (Å²) in [6, 6.07) is 19.5. The molecule has 0 fully saturated rings. The lowest BCUT2D eigenvalue weighted by molar-refractivity contribution is -0.158. The van der Waals surface area contributed by atoms with Crippen molar-refractivity contribution in [2.24, 2.45) is 5.92 Å². The van der Waals surface area contributed by atoms with Crippen molar-refractivity contribution in [2.45, 2.75) is 51.2 Å². The van der Waals surface area contributed by atoms with Gasteiger partial charge in [-0.15, -0.1) is 0 Å². The maximum atomic E-state index is 13.0. The number of esters is 1. The highest BCUT2D eigenvalue weighted by Gasteiger charge is 2.32. The third-order valence-corrected chi connectivity index (χ3v) is 7.20. The second kappa shape index (κ2) is 11.0. The summed E-state index contributed by atoms with van der Waals surface area (Å²) >= 11 is 0. The Morgan fingerprint density at radius 3 is 2.05 bits per heavy atom. The molecule has 4 aromatic rings. The minimum atomic E-state index is -3.97. The first-order chi connectivity index (χ1) is 18.3. The first-order valence-electron chi connectivity index (χ1n) is 12.4. The molecule has 204 valence electrons. The van der Waals surface area contributed by atoms with E-state index in [1.807, 2.05) is 6.07 Å². The standard InChI is InChI=1S/C29H31N3O6S/c1-18(2)25(28(34)38-29(3,4)5)32-39(35,36)22-16-12-20(13-17-22)19-10-14-21(15-11-19)30-26(33)27-31-23-8-6-7-9-24(23)37-27/h6-18,25,32H,1-5H3,(H,30,33). The van der Waals surface area contributed by atoms with Crippen LogP contribution in [0.5, 0.6) is 0 Å². The molecule has 2 N–H and O–H groups in total. The smallest absolute Gasteiger partial charge is 0.324 e. The topological polar surface area (TPSA) is 128 Å². The van der Waals surface area contributed by atoms with Gasteiger partial charge in [0.15, 0.2) is 5.58 Å². The number of nitrogens with zero attached hydrogens (tertiary/aromatic N) is 1. The van der Waals surface area contributed by atoms with Crippen LogP contribution in [0.4, 0.5) is 5.69 Å². The Balaban J connectivity index is 1.44. The van der Waals surface area contributed by atoms with Gasteiger partial charge in [-0.05, 0) is 74.2 Å². The van der Waals surface area contributed by atoms with Gasteiger partial charge in [0.1, 0.15) is 17.2 Å². The van der Waals surface area contributed by atoms with Gasteiger partial charge in [0.05, 0.1) is 4.90 Å². The largest absolute Gasteiger partial charge is 0.459 e. The van der Waals surface area contributed by atoms with E-state index in [1.165, 1.54) is 12.1 Å². The third-order valence-electron chi connectivity index (χ3n) is 5.74. The zero-order valence-electron chi connectivity index (χ0n) is 22.4. The van der Waals surface area contributed by atoms with Gasteiger partial charge < -0.3 is 14.5 Å². The van der Waals surface area contributed by atoms with Crippen LogP contribution < -0.4 is 10.0 Å². The van der Waals surface area contributed by atoms with Gasteiger partial charge in [0.2, 0.25) is 10.0 Å². The number of rotatable bonds is 8. The molecule has 0 aliphatic rings. The molecule has 0 aliphatic heterocycles. The summed E-state index contributed by atoms with van der Waals surface area (Å²) in [7, 11) is -3.97. The lowest BCUT2D eigenvalue weighted by Gasteiger charge is -2.26. The maximum absolute atomic E-state index is 13.0. The third kappa shape index (κ3) is 6.90. The fourth-order valence-electron chi connectivity index (χ4n) is 3.78. The van der Waals surface area contributed by atoms with Crippen LogP contribution in [0.25, 0.3) is 22.2 Å². The van der Waals surface area contributed by atoms with Gasteiger partial charge >= 0.3 is 11.9 Å². The Morgan fingerprint density at radius 1 is 0.897 bits per heavy atom. The number of para-hydroxylation sites is 2. The summed E-state index contributed by atoms with van der Waals surface area (Å²) in [5.74, 6) is -1.43. The number of ether oxygens (including phenoxy) is 1. The number of amides is 1. The number of anilines is 1. The number of oxazole rings is 1. The van der Waals surface area contributed by atoms with Crippen molar-refractivity contribution in [3.05, 3.63) is 78.7 Å². The van der Waals surface area contributed by atoms with Crippen molar-refractivity contribution in [3.63, 3.8) is 0 Å². The molecule has 0 saturated carbocycles. The van der Waals surface area contributed by atoms with E-state index in [4.69, 9.17) is 9.15 Å². The number of carbonyl (C=O) groups is 2. The van der Waals surface area contributed by atoms with Gasteiger partial charge in [0.25, 0.3) is 5.89 Å². The van der Waals surface area contributed by atoms with Gasteiger partial charge in [0, 0.05) is 5.69 Å². The van der Waals surface area contributed by atoms with Gasteiger partial charge in [-0.2, -0.15) is 4.72 Å². The summed E-state index contributed by atoms with van der Waals surface area (Å²) in [5, 5.41) is 2.76. The van der Waals surface area contributed by atoms with Gasteiger partial charge in [-0.25, -0.2) is 13.4 Å². The number of hydrogen-bond donors (Lipinski definition) is 2. The molecule has 0 spiro atoms. The number of nitrogens with one attached hydrogen (secondary N) is 2. The Morgan fingerprint density at radius 2 is 1.49 bits per heavy atom. The van der Waals surface area contributed by atoms with Gasteiger partial charge in [-0.3, -0.25) is 9.59 Å². The minimum absolute atomic E-state index is 0.0303. The Kier molecular flexibility index (Phi) is 7.89. The van der Waals surface area contributed by atoms with Crippen LogP contribution in [-0.2, 0) is 19.6 Å². The molecule has 4 rings (SSSR count). The summed E-state index contributed by atoms with van der Waals surface area (Å²) in [5.41, 5.74) is 2.54. The van der Waals surface area contributed by atoms with Crippen LogP contribution in [0.1, 0.15) is 45.3 Å². The minimum Gasteiger partial charge on any atom is -0.459 e. The van der Waals surface area contributed by atoms with Crippen LogP contribution in [0.2, 0.25) is 0 Å². The molecule has 1 atom stereocenters. The van der Waals surface area contributed by atoms with Crippen molar-refractivity contribution >= 4 is 38.7 Å². The van der Waals surface area contributed by atoms with Crippen LogP contribution in [0.15, 0.2) is 82.1 Å². The van der Waals surface area contributed by atoms with Crippen molar-refractivity contribution < 1.29 is 27.2 Å². The van der Waals surface area contributed by atoms with Crippen molar-refractivity contribution in [1.29, 1.82) is 0 Å². The number of benzene rings is 3. The number of aromatic nitrogens is 1. The highest BCUT2D eigenvalue weighted by molar-refractivity contribution is 7.89. The van der Waals surface area contributed by atoms with E-state index in [0.717, 1.165) is 11.1 Å². The maximum Gasteiger partial charge on any atom is 0.324 e. The second-order valence-electron chi connectivity index (χ2n) is 10.4. The first kappa shape index (κ1) is 28.0. The van der Waals surface area contributed by atoms with E-state index in [2.05, 4.69) is 15.0 Å². The summed E-state index contributed by atoms with van der Waals surface area (Å²) in [4.78, 5) is 29.3. The fraction of sp³-hybridized carbons (Fsp3) is 0.276. The molecule has 1 amide bonds. The summed E-state index contributed by atoms with van der Waals surface area (Å²) in [6.45, 7) is 8.69. The number of carbonyl (C=O) groups excluding carboxylic acids is 2. The van der Waals surface area contributed by atoms with Crippen LogP contribution >= 0.6 is 0 Å². The van der Waals surface area contributed by atoms with E-state index in [1.54, 1.807) is 89.2 Å². The van der Waals surface area contributed by atoms with Crippen molar-refractivity contribution in [3.8, 4) is 11.1 Å². The van der Waals surface area contributed by atoms with Crippen LogP contribution in [-0.4, -0.2) is 36.9 Å². The monoisotopic (exact) mass is 549 g/mol. The molecule has 0 bridgehead atoms. The van der Waals surface area contributed by atoms with E-state index in [-0.39, 0.29) is 16.7 Å². The summed E-state index contributed by atoms with van der Waals surface area (Å²) < 4.78 is 39.4. The molecule has 3 aromatic carbocycles. The van der Waals surface area contributed by atoms with Gasteiger partial charge in [-0.1, -0.05) is 50.2 Å².